The Morgan fingerprint density at radius 1 is 1.04 bits per heavy atom. The second-order valence-corrected chi connectivity index (χ2v) is 12.6. The Morgan fingerprint density at radius 2 is 1.74 bits per heavy atom. The van der Waals surface area contributed by atoms with Crippen LogP contribution in [0.15, 0.2) is 10.2 Å². The molecule has 3 aliphatic rings. The van der Waals surface area contributed by atoms with Crippen molar-refractivity contribution in [3.63, 3.8) is 0 Å². The van der Waals surface area contributed by atoms with E-state index in [1.54, 1.807) is 0 Å². The number of nitrogens with zero attached hydrogens (tertiary/aromatic N) is 4. The number of ether oxygens (including phenoxy) is 1. The van der Waals surface area contributed by atoms with Crippen LogP contribution in [0.3, 0.4) is 0 Å². The summed E-state index contributed by atoms with van der Waals surface area (Å²) >= 11 is 0. The second-order valence-electron chi connectivity index (χ2n) is 12.6. The molecule has 47 heavy (non-hydrogen) atoms. The number of cyclic esters (lactones) is 1. The van der Waals surface area contributed by atoms with Gasteiger partial charge in [0.2, 0.25) is 23.6 Å². The molecule has 5 amide bonds. The maximum atomic E-state index is 13.6. The molecular weight excluding hydrogens is 614 g/mol. The van der Waals surface area contributed by atoms with Crippen molar-refractivity contribution in [1.29, 1.82) is 0 Å². The van der Waals surface area contributed by atoms with Gasteiger partial charge in [0.25, 0.3) is 5.91 Å². The number of carbonyl (C=O) groups is 7. The van der Waals surface area contributed by atoms with Crippen molar-refractivity contribution >= 4 is 53.9 Å². The number of amides is 5. The van der Waals surface area contributed by atoms with Crippen LogP contribution in [0.4, 0.5) is 0 Å². The fourth-order valence-corrected chi connectivity index (χ4v) is 5.59. The van der Waals surface area contributed by atoms with Crippen molar-refractivity contribution in [2.75, 3.05) is 6.61 Å². The molecule has 0 aromatic heterocycles. The Balaban J connectivity index is 1.85. The summed E-state index contributed by atoms with van der Waals surface area (Å²) in [5, 5.41) is 27.5. The third-order valence-electron chi connectivity index (χ3n) is 8.22. The van der Waals surface area contributed by atoms with Crippen LogP contribution in [0.1, 0.15) is 91.9 Å². The van der Waals surface area contributed by atoms with Gasteiger partial charge in [-0.15, -0.1) is 0 Å². The normalized spacial score (nSPS) is 26.2. The average Bonchev–Trinajstić information content (AvgIpc) is 3.04. The van der Waals surface area contributed by atoms with Gasteiger partial charge in [-0.3, -0.25) is 28.8 Å². The number of carboxylic acids is 1. The highest BCUT2D eigenvalue weighted by atomic mass is 16.5. The van der Waals surface area contributed by atoms with Crippen molar-refractivity contribution in [3.8, 4) is 0 Å². The molecule has 0 aliphatic carbocycles. The van der Waals surface area contributed by atoms with Gasteiger partial charge in [-0.25, -0.2) is 14.8 Å². The topological polar surface area (TPSA) is 216 Å². The fourth-order valence-electron chi connectivity index (χ4n) is 5.59. The maximum absolute atomic E-state index is 13.6. The van der Waals surface area contributed by atoms with Crippen LogP contribution in [0, 0.1) is 11.8 Å². The summed E-state index contributed by atoms with van der Waals surface area (Å²) in [4.78, 5) is 91.9. The largest absolute Gasteiger partial charge is 0.481 e. The number of carboxylic acid groups (broad SMARTS) is 1. The quantitative estimate of drug-likeness (QED) is 0.181. The molecule has 16 nitrogen and oxygen atoms in total. The minimum Gasteiger partial charge on any atom is -0.481 e. The summed E-state index contributed by atoms with van der Waals surface area (Å²) in [6, 6.07) is -5.92. The minimum atomic E-state index is -1.48. The lowest BCUT2D eigenvalue weighted by Gasteiger charge is -2.31. The third-order valence-corrected chi connectivity index (χ3v) is 8.22. The zero-order chi connectivity index (χ0) is 34.7. The van der Waals surface area contributed by atoms with E-state index in [4.69, 9.17) is 4.74 Å². The number of fused-ring (bicyclic) bond motifs is 1. The van der Waals surface area contributed by atoms with E-state index in [-0.39, 0.29) is 31.6 Å². The minimum absolute atomic E-state index is 0.0500. The number of aliphatic carboxylic acids is 1. The average molecular weight is 662 g/mol. The molecule has 1 fully saturated rings. The van der Waals surface area contributed by atoms with E-state index < -0.39 is 84.2 Å². The molecule has 0 bridgehead atoms. The lowest BCUT2D eigenvalue weighted by atomic mass is 9.97. The first-order chi connectivity index (χ1) is 22.3. The highest BCUT2D eigenvalue weighted by Gasteiger charge is 2.40. The van der Waals surface area contributed by atoms with Crippen molar-refractivity contribution in [2.24, 2.45) is 22.0 Å². The van der Waals surface area contributed by atoms with E-state index in [2.05, 4.69) is 26.2 Å². The molecule has 4 N–H and O–H groups in total. The van der Waals surface area contributed by atoms with E-state index in [1.807, 2.05) is 20.8 Å². The molecule has 260 valence electrons. The maximum Gasteiger partial charge on any atom is 0.331 e. The fraction of sp³-hybridized carbons (Fsp3) is 0.710. The van der Waals surface area contributed by atoms with Crippen LogP contribution in [0.5, 0.6) is 0 Å². The van der Waals surface area contributed by atoms with E-state index in [1.165, 1.54) is 19.4 Å². The van der Waals surface area contributed by atoms with Crippen LogP contribution in [-0.2, 0) is 38.3 Å². The van der Waals surface area contributed by atoms with E-state index >= 15 is 0 Å². The molecular formula is C31H47N7O9. The number of hydrogen-bond acceptors (Lipinski definition) is 10. The number of hydrazone groups is 2. The number of carbonyl (C=O) groups excluding carboxylic acids is 6. The molecule has 3 rings (SSSR count). The van der Waals surface area contributed by atoms with Crippen molar-refractivity contribution in [1.82, 2.24) is 26.0 Å². The first-order valence-corrected chi connectivity index (χ1v) is 16.3. The number of unbranched alkanes of at least 4 members (excludes halogenated alkanes) is 2. The second kappa shape index (κ2) is 17.5. The smallest absolute Gasteiger partial charge is 0.331 e. The molecule has 3 heterocycles. The summed E-state index contributed by atoms with van der Waals surface area (Å²) in [6.45, 7) is 6.49. The molecule has 0 saturated carbocycles. The van der Waals surface area contributed by atoms with Crippen molar-refractivity contribution in [2.45, 2.75) is 122 Å². The molecule has 6 atom stereocenters. The van der Waals surface area contributed by atoms with Crippen LogP contribution >= 0.6 is 0 Å². The number of esters is 1. The summed E-state index contributed by atoms with van der Waals surface area (Å²) in [6.07, 6.45) is 6.49. The standard InChI is InChI=1S/C31H47N7O9/c1-5-6-7-10-20(30(44)45)16-25(39)37-23(11-8-13-32-37)28(42)36-22-17-47-31(46)24-12-9-14-33-38(24)29(43)19(4)34-26(40)21(15-18(2)3)35-27(22)41/h13-14,18-24H,5-12,15-17H2,1-4H3,(H,34,40)(H,35,41)(H,36,42)(H,44,45). The van der Waals surface area contributed by atoms with Crippen LogP contribution in [0.25, 0.3) is 0 Å². The van der Waals surface area contributed by atoms with Gasteiger partial charge in [-0.05, 0) is 51.4 Å². The van der Waals surface area contributed by atoms with E-state index in [0.29, 0.717) is 25.7 Å². The van der Waals surface area contributed by atoms with E-state index in [9.17, 15) is 38.7 Å². The molecule has 0 aromatic rings. The first-order valence-electron chi connectivity index (χ1n) is 16.3. The third kappa shape index (κ3) is 10.3. The predicted octanol–water partition coefficient (Wildman–Crippen LogP) is 0.688. The Morgan fingerprint density at radius 3 is 2.43 bits per heavy atom. The van der Waals surface area contributed by atoms with Gasteiger partial charge in [-0.2, -0.15) is 10.2 Å². The Hall–Kier alpha value is -4.37. The Bertz CT molecular complexity index is 1250. The molecule has 3 aliphatic heterocycles. The summed E-state index contributed by atoms with van der Waals surface area (Å²) < 4.78 is 5.46. The van der Waals surface area contributed by atoms with Gasteiger partial charge in [-0.1, -0.05) is 40.0 Å². The molecule has 0 spiro atoms. The lowest BCUT2D eigenvalue weighted by molar-refractivity contribution is -0.158. The summed E-state index contributed by atoms with van der Waals surface area (Å²) in [5.74, 6) is -6.46. The lowest BCUT2D eigenvalue weighted by Crippen LogP contribution is -2.59. The van der Waals surface area contributed by atoms with Gasteiger partial charge >= 0.3 is 11.9 Å². The number of nitrogens with one attached hydrogen (secondary N) is 3. The molecule has 0 aromatic carbocycles. The van der Waals surface area contributed by atoms with E-state index in [0.717, 1.165) is 22.9 Å². The molecule has 16 heteroatoms. The highest BCUT2D eigenvalue weighted by Crippen LogP contribution is 2.21. The van der Waals surface area contributed by atoms with Gasteiger partial charge < -0.3 is 25.8 Å². The summed E-state index contributed by atoms with van der Waals surface area (Å²) in [5.41, 5.74) is 0. The SMILES string of the molecule is CCCCCC(CC(=O)N1N=CCCC1C(=O)NC1COC(=O)C2CCC=NN2C(=O)C(C)NC(=O)C(CC(C)C)NC1=O)C(=O)O. The van der Waals surface area contributed by atoms with Crippen molar-refractivity contribution < 1.29 is 43.4 Å². The Kier molecular flexibility index (Phi) is 13.8. The molecule has 1 saturated heterocycles. The van der Waals surface area contributed by atoms with Gasteiger partial charge in [0.1, 0.15) is 30.8 Å². The highest BCUT2D eigenvalue weighted by molar-refractivity contribution is 5.97. The van der Waals surface area contributed by atoms with Gasteiger partial charge in [0.15, 0.2) is 6.04 Å². The number of rotatable bonds is 11. The first kappa shape index (κ1) is 37.1. The molecule has 0 radical (unpaired) electrons. The Labute approximate surface area is 274 Å². The monoisotopic (exact) mass is 661 g/mol. The molecule has 6 unspecified atom stereocenters. The summed E-state index contributed by atoms with van der Waals surface area (Å²) in [7, 11) is 0. The van der Waals surface area contributed by atoms with Gasteiger partial charge in [0.05, 0.1) is 5.92 Å². The number of hydrogen-bond donors (Lipinski definition) is 4. The van der Waals surface area contributed by atoms with Crippen LogP contribution in [0.2, 0.25) is 0 Å². The van der Waals surface area contributed by atoms with Crippen molar-refractivity contribution in [3.05, 3.63) is 0 Å². The zero-order valence-electron chi connectivity index (χ0n) is 27.5. The van der Waals surface area contributed by atoms with Gasteiger partial charge in [0, 0.05) is 18.9 Å². The van der Waals surface area contributed by atoms with Crippen LogP contribution in [-0.4, -0.2) is 106 Å². The zero-order valence-corrected chi connectivity index (χ0v) is 27.5. The van der Waals surface area contributed by atoms with Crippen LogP contribution < -0.4 is 16.0 Å². The predicted molar refractivity (Wildman–Crippen MR) is 168 cm³/mol.